The largest absolute Gasteiger partial charge is 0.397 e. The van der Waals surface area contributed by atoms with E-state index >= 15 is 0 Å². The maximum Gasteiger partial charge on any atom is 0.0402 e. The maximum atomic E-state index is 7.57. The van der Waals surface area contributed by atoms with E-state index in [-0.39, 0.29) is 39.6 Å². The van der Waals surface area contributed by atoms with Crippen LogP contribution in [0.5, 0.6) is 0 Å². The normalized spacial score (nSPS) is 16.5. The van der Waals surface area contributed by atoms with Crippen LogP contribution < -0.4 is 0 Å². The van der Waals surface area contributed by atoms with E-state index in [9.17, 15) is 0 Å². The van der Waals surface area contributed by atoms with Crippen LogP contribution in [0, 0.1) is 0 Å². The molecule has 6 N–H and O–H groups in total. The van der Waals surface area contributed by atoms with E-state index in [1.165, 1.54) is 161 Å². The van der Waals surface area contributed by atoms with Crippen LogP contribution in [0.1, 0.15) is 202 Å². The summed E-state index contributed by atoms with van der Waals surface area (Å²) in [5.41, 5.74) is 0. The van der Waals surface area contributed by atoms with E-state index < -0.39 is 0 Å². The van der Waals surface area contributed by atoms with Crippen molar-refractivity contribution in [1.82, 2.24) is 0 Å². The van der Waals surface area contributed by atoms with Gasteiger partial charge in [0.25, 0.3) is 0 Å². The first kappa shape index (κ1) is 55.2. The fourth-order valence-electron chi connectivity index (χ4n) is 4.42. The zero-order valence-electron chi connectivity index (χ0n) is 30.6. The molecule has 0 aromatic carbocycles. The van der Waals surface area contributed by atoms with Crippen molar-refractivity contribution >= 4 is 0 Å². The molecule has 0 unspecified atom stereocenters. The molecular formula is C37H86O6. The van der Waals surface area contributed by atoms with E-state index in [1.807, 2.05) is 0 Å². The summed E-state index contributed by atoms with van der Waals surface area (Å²) in [4.78, 5) is 0. The molecule has 1 aliphatic carbocycles. The van der Waals surface area contributed by atoms with Gasteiger partial charge in [-0.25, -0.2) is 0 Å². The predicted octanol–water partition coefficient (Wildman–Crippen LogP) is 9.74. The lowest BCUT2D eigenvalue weighted by atomic mass is 10.0. The third-order valence-electron chi connectivity index (χ3n) is 6.25. The van der Waals surface area contributed by atoms with Gasteiger partial charge < -0.3 is 30.6 Å². The third-order valence-corrected chi connectivity index (χ3v) is 6.25. The van der Waals surface area contributed by atoms with Crippen molar-refractivity contribution in [3.8, 4) is 0 Å². The summed E-state index contributed by atoms with van der Waals surface area (Å²) in [6.45, 7) is 11.6. The SMILES string of the molecule is C1CCCCCCCCCCCCCCCCCCCCCCCC1.CCO.CCO.CCO.CCO.CCO.CCO. The molecule has 0 bridgehead atoms. The summed E-state index contributed by atoms with van der Waals surface area (Å²) in [5.74, 6) is 0. The highest BCUT2D eigenvalue weighted by Gasteiger charge is 1.97. The molecule has 0 aromatic heterocycles. The standard InChI is InChI=1S/C25H50.6C2H6O/c1-2-4-6-8-10-12-14-16-18-20-22-24-25-23-21-19-17-15-13-11-9-7-5-3-1;6*1-2-3/h1-25H2;6*3H,2H2,1H3. The Morgan fingerprint density at radius 1 is 0.186 bits per heavy atom. The van der Waals surface area contributed by atoms with Crippen LogP contribution >= 0.6 is 0 Å². The van der Waals surface area contributed by atoms with Crippen LogP contribution in [-0.4, -0.2) is 70.3 Å². The Morgan fingerprint density at radius 2 is 0.209 bits per heavy atom. The average Bonchev–Trinajstić information content (AvgIpc) is 2.96. The van der Waals surface area contributed by atoms with Gasteiger partial charge in [-0.15, -0.1) is 0 Å². The van der Waals surface area contributed by atoms with Crippen molar-refractivity contribution in [2.45, 2.75) is 202 Å². The van der Waals surface area contributed by atoms with E-state index in [4.69, 9.17) is 30.6 Å². The van der Waals surface area contributed by atoms with Crippen molar-refractivity contribution in [3.63, 3.8) is 0 Å². The molecule has 1 fully saturated rings. The lowest BCUT2D eigenvalue weighted by molar-refractivity contribution is 0.318. The molecule has 0 radical (unpaired) electrons. The molecule has 0 atom stereocenters. The molecule has 0 aliphatic heterocycles. The first-order valence-electron chi connectivity index (χ1n) is 18.6. The quantitative estimate of drug-likeness (QED) is 0.159. The van der Waals surface area contributed by atoms with Crippen molar-refractivity contribution in [3.05, 3.63) is 0 Å². The molecule has 1 saturated carbocycles. The van der Waals surface area contributed by atoms with Crippen LogP contribution in [-0.2, 0) is 0 Å². The van der Waals surface area contributed by atoms with Gasteiger partial charge in [-0.05, 0) is 41.5 Å². The third kappa shape index (κ3) is 108. The number of aliphatic hydroxyl groups is 6. The fraction of sp³-hybridized carbons (Fsp3) is 1.00. The van der Waals surface area contributed by atoms with Crippen LogP contribution in [0.25, 0.3) is 0 Å². The van der Waals surface area contributed by atoms with Gasteiger partial charge in [0.15, 0.2) is 0 Å². The molecule has 0 aromatic rings. The molecule has 1 rings (SSSR count). The maximum absolute atomic E-state index is 7.57. The molecule has 43 heavy (non-hydrogen) atoms. The van der Waals surface area contributed by atoms with Crippen LogP contribution in [0.4, 0.5) is 0 Å². The van der Waals surface area contributed by atoms with Crippen molar-refractivity contribution in [2.75, 3.05) is 39.6 Å². The Labute approximate surface area is 272 Å². The first-order chi connectivity index (χ1) is 21.0. The molecule has 0 saturated heterocycles. The van der Waals surface area contributed by atoms with Crippen LogP contribution in [0.3, 0.4) is 0 Å². The highest BCUT2D eigenvalue weighted by molar-refractivity contribution is 4.53. The van der Waals surface area contributed by atoms with Gasteiger partial charge in [-0.2, -0.15) is 0 Å². The van der Waals surface area contributed by atoms with Gasteiger partial charge in [0.1, 0.15) is 0 Å². The first-order valence-corrected chi connectivity index (χ1v) is 18.6. The topological polar surface area (TPSA) is 121 Å². The van der Waals surface area contributed by atoms with Gasteiger partial charge >= 0.3 is 0 Å². The minimum absolute atomic E-state index is 0.250. The zero-order chi connectivity index (χ0) is 33.9. The molecule has 1 aliphatic rings. The molecule has 0 spiro atoms. The van der Waals surface area contributed by atoms with E-state index in [0.29, 0.717) is 0 Å². The van der Waals surface area contributed by atoms with Crippen molar-refractivity contribution < 1.29 is 30.6 Å². The van der Waals surface area contributed by atoms with Crippen molar-refractivity contribution in [2.24, 2.45) is 0 Å². The van der Waals surface area contributed by atoms with Crippen molar-refractivity contribution in [1.29, 1.82) is 0 Å². The molecule has 6 heteroatoms. The van der Waals surface area contributed by atoms with Gasteiger partial charge in [-0.3, -0.25) is 0 Å². The number of aliphatic hydroxyl groups excluding tert-OH is 6. The number of rotatable bonds is 0. The summed E-state index contributed by atoms with van der Waals surface area (Å²) in [5, 5.41) is 45.4. The van der Waals surface area contributed by atoms with E-state index in [1.54, 1.807) is 41.5 Å². The Hall–Kier alpha value is -0.240. The number of hydrogen-bond acceptors (Lipinski definition) is 6. The molecular weight excluding hydrogens is 540 g/mol. The lowest BCUT2D eigenvalue weighted by Crippen LogP contribution is -1.84. The molecule has 6 nitrogen and oxygen atoms in total. The number of hydrogen-bond donors (Lipinski definition) is 6. The lowest BCUT2D eigenvalue weighted by Gasteiger charge is -2.04. The summed E-state index contributed by atoms with van der Waals surface area (Å²) in [7, 11) is 0. The van der Waals surface area contributed by atoms with Gasteiger partial charge in [-0.1, -0.05) is 161 Å². The minimum atomic E-state index is 0.250. The summed E-state index contributed by atoms with van der Waals surface area (Å²) < 4.78 is 0. The monoisotopic (exact) mass is 627 g/mol. The summed E-state index contributed by atoms with van der Waals surface area (Å²) >= 11 is 0. The minimum Gasteiger partial charge on any atom is -0.397 e. The second-order valence-corrected chi connectivity index (χ2v) is 10.7. The Balaban J connectivity index is -0.000000156. The summed E-state index contributed by atoms with van der Waals surface area (Å²) in [6.07, 6.45) is 37.5. The second-order valence-electron chi connectivity index (χ2n) is 10.7. The average molecular weight is 627 g/mol. The van der Waals surface area contributed by atoms with E-state index in [2.05, 4.69) is 0 Å². The highest BCUT2D eigenvalue weighted by Crippen LogP contribution is 2.17. The Bertz CT molecular complexity index is 201. The van der Waals surface area contributed by atoms with Crippen LogP contribution in [0.2, 0.25) is 0 Å². The Kier molecular flexibility index (Phi) is 94.1. The van der Waals surface area contributed by atoms with Gasteiger partial charge in [0.05, 0.1) is 0 Å². The molecule has 0 heterocycles. The highest BCUT2D eigenvalue weighted by atomic mass is 16.3. The van der Waals surface area contributed by atoms with Gasteiger partial charge in [0.2, 0.25) is 0 Å². The summed E-state index contributed by atoms with van der Waals surface area (Å²) in [6, 6.07) is 0. The Morgan fingerprint density at radius 3 is 0.233 bits per heavy atom. The second kappa shape index (κ2) is 73.3. The predicted molar refractivity (Wildman–Crippen MR) is 192 cm³/mol. The zero-order valence-corrected chi connectivity index (χ0v) is 30.6. The molecule has 270 valence electrons. The smallest absolute Gasteiger partial charge is 0.0402 e. The van der Waals surface area contributed by atoms with E-state index in [0.717, 1.165) is 0 Å². The van der Waals surface area contributed by atoms with Gasteiger partial charge in [0, 0.05) is 39.6 Å². The van der Waals surface area contributed by atoms with Crippen LogP contribution in [0.15, 0.2) is 0 Å². The molecule has 0 amide bonds. The fourth-order valence-corrected chi connectivity index (χ4v) is 4.42.